The van der Waals surface area contributed by atoms with Gasteiger partial charge in [0.2, 0.25) is 0 Å². The van der Waals surface area contributed by atoms with E-state index in [1.54, 1.807) is 0 Å². The Morgan fingerprint density at radius 3 is 2.74 bits per heavy atom. The summed E-state index contributed by atoms with van der Waals surface area (Å²) in [6.45, 7) is 6.68. The van der Waals surface area contributed by atoms with Gasteiger partial charge in [-0.3, -0.25) is 4.90 Å². The molecule has 108 valence electrons. The second-order valence-electron chi connectivity index (χ2n) is 5.25. The Morgan fingerprint density at radius 1 is 1.26 bits per heavy atom. The lowest BCUT2D eigenvalue weighted by molar-refractivity contribution is 0.312. The molecule has 1 aliphatic heterocycles. The highest BCUT2D eigenvalue weighted by atomic mass is 32.2. The monoisotopic (exact) mass is 282 g/mol. The predicted molar refractivity (Wildman–Crippen MR) is 81.5 cm³/mol. The number of hydrogen-bond acceptors (Lipinski definition) is 4. The highest BCUT2D eigenvalue weighted by molar-refractivity contribution is 7.98. The van der Waals surface area contributed by atoms with Crippen molar-refractivity contribution in [3.63, 3.8) is 0 Å². The molecule has 1 aromatic heterocycles. The van der Waals surface area contributed by atoms with Gasteiger partial charge in [0.1, 0.15) is 5.82 Å². The van der Waals surface area contributed by atoms with Gasteiger partial charge in [0.25, 0.3) is 0 Å². The van der Waals surface area contributed by atoms with Crippen LogP contribution in [0.5, 0.6) is 0 Å². The molecule has 0 aliphatic carbocycles. The third-order valence-corrected chi connectivity index (χ3v) is 4.22. The summed E-state index contributed by atoms with van der Waals surface area (Å²) < 4.78 is 2.15. The van der Waals surface area contributed by atoms with Crippen molar-refractivity contribution in [2.45, 2.75) is 52.1 Å². The van der Waals surface area contributed by atoms with Gasteiger partial charge < -0.3 is 0 Å². The van der Waals surface area contributed by atoms with Gasteiger partial charge in [-0.05, 0) is 38.6 Å². The van der Waals surface area contributed by atoms with E-state index < -0.39 is 0 Å². The van der Waals surface area contributed by atoms with Crippen LogP contribution >= 0.6 is 11.8 Å². The van der Waals surface area contributed by atoms with Crippen molar-refractivity contribution in [2.24, 2.45) is 0 Å². The molecule has 2 rings (SSSR count). The molecule has 1 aromatic rings. The minimum Gasteiger partial charge on any atom is -0.296 e. The molecular formula is C14H26N4S. The number of thioether (sulfide) groups is 1. The fraction of sp³-hybridized carbons (Fsp3) is 0.857. The second-order valence-corrected chi connectivity index (χ2v) is 6.23. The first-order chi connectivity index (χ1) is 9.33. The molecule has 4 nitrogen and oxygen atoms in total. The van der Waals surface area contributed by atoms with Crippen LogP contribution in [0.15, 0.2) is 0 Å². The zero-order valence-corrected chi connectivity index (χ0v) is 13.1. The van der Waals surface area contributed by atoms with Crippen LogP contribution in [-0.2, 0) is 19.5 Å². The third kappa shape index (κ3) is 4.49. The van der Waals surface area contributed by atoms with Crippen molar-refractivity contribution in [1.82, 2.24) is 19.7 Å². The standard InChI is InChI=1S/C14H26N4S/c1-3-4-10-18-14(12-17-8-5-6-9-17)15-13(16-18)7-11-19-2/h3-12H2,1-2H3. The molecule has 1 fully saturated rings. The molecule has 0 atom stereocenters. The Hall–Kier alpha value is -0.550. The Balaban J connectivity index is 2.01. The summed E-state index contributed by atoms with van der Waals surface area (Å²) in [6, 6.07) is 0. The molecule has 0 unspecified atom stereocenters. The van der Waals surface area contributed by atoms with Crippen molar-refractivity contribution in [1.29, 1.82) is 0 Å². The van der Waals surface area contributed by atoms with Gasteiger partial charge in [0.05, 0.1) is 6.54 Å². The Bertz CT molecular complexity index is 372. The summed E-state index contributed by atoms with van der Waals surface area (Å²) in [5.41, 5.74) is 0. The number of rotatable bonds is 8. The highest BCUT2D eigenvalue weighted by Gasteiger charge is 2.16. The maximum absolute atomic E-state index is 4.76. The van der Waals surface area contributed by atoms with E-state index in [2.05, 4.69) is 22.8 Å². The molecule has 1 saturated heterocycles. The Kier molecular flexibility index (Phi) is 6.17. The number of aryl methyl sites for hydroxylation is 2. The number of nitrogens with zero attached hydrogens (tertiary/aromatic N) is 4. The van der Waals surface area contributed by atoms with Crippen molar-refractivity contribution >= 4 is 11.8 Å². The molecule has 0 N–H and O–H groups in total. The van der Waals surface area contributed by atoms with E-state index in [1.807, 2.05) is 11.8 Å². The number of hydrogen-bond donors (Lipinski definition) is 0. The topological polar surface area (TPSA) is 34.0 Å². The van der Waals surface area contributed by atoms with Crippen LogP contribution in [0.2, 0.25) is 0 Å². The fourth-order valence-corrected chi connectivity index (χ4v) is 2.86. The molecule has 19 heavy (non-hydrogen) atoms. The van der Waals surface area contributed by atoms with E-state index in [1.165, 1.54) is 44.6 Å². The van der Waals surface area contributed by atoms with E-state index in [-0.39, 0.29) is 0 Å². The van der Waals surface area contributed by atoms with E-state index in [9.17, 15) is 0 Å². The first-order valence-electron chi connectivity index (χ1n) is 7.47. The van der Waals surface area contributed by atoms with Gasteiger partial charge in [0, 0.05) is 18.7 Å². The summed E-state index contributed by atoms with van der Waals surface area (Å²) in [6.07, 6.45) is 8.21. The normalized spacial score (nSPS) is 16.3. The van der Waals surface area contributed by atoms with E-state index in [0.29, 0.717) is 0 Å². The first-order valence-corrected chi connectivity index (χ1v) is 8.86. The summed E-state index contributed by atoms with van der Waals surface area (Å²) >= 11 is 1.86. The molecule has 0 spiro atoms. The predicted octanol–water partition coefficient (Wildman–Crippen LogP) is 2.58. The largest absolute Gasteiger partial charge is 0.296 e. The SMILES string of the molecule is CCCCn1nc(CCSC)nc1CN1CCCC1. The minimum absolute atomic E-state index is 0.982. The van der Waals surface area contributed by atoms with Crippen molar-refractivity contribution < 1.29 is 0 Å². The van der Waals surface area contributed by atoms with Gasteiger partial charge in [-0.15, -0.1) is 0 Å². The maximum atomic E-state index is 4.76. The maximum Gasteiger partial charge on any atom is 0.151 e. The Morgan fingerprint density at radius 2 is 2.05 bits per heavy atom. The summed E-state index contributed by atoms with van der Waals surface area (Å²) in [7, 11) is 0. The second kappa shape index (κ2) is 7.90. The van der Waals surface area contributed by atoms with E-state index in [4.69, 9.17) is 10.1 Å². The quantitative estimate of drug-likeness (QED) is 0.734. The average molecular weight is 282 g/mol. The zero-order valence-electron chi connectivity index (χ0n) is 12.3. The van der Waals surface area contributed by atoms with Gasteiger partial charge in [-0.25, -0.2) is 9.67 Å². The van der Waals surface area contributed by atoms with Crippen LogP contribution in [0.4, 0.5) is 0 Å². The van der Waals surface area contributed by atoms with Gasteiger partial charge in [-0.1, -0.05) is 13.3 Å². The number of aromatic nitrogens is 3. The van der Waals surface area contributed by atoms with Crippen LogP contribution in [0.25, 0.3) is 0 Å². The lowest BCUT2D eigenvalue weighted by atomic mass is 10.3. The summed E-state index contributed by atoms with van der Waals surface area (Å²) in [5.74, 6) is 3.31. The Labute approximate surface area is 121 Å². The van der Waals surface area contributed by atoms with Crippen LogP contribution in [-0.4, -0.2) is 44.8 Å². The lowest BCUT2D eigenvalue weighted by Gasteiger charge is -2.14. The van der Waals surface area contributed by atoms with E-state index in [0.717, 1.165) is 31.1 Å². The van der Waals surface area contributed by atoms with Gasteiger partial charge in [-0.2, -0.15) is 16.9 Å². The van der Waals surface area contributed by atoms with E-state index >= 15 is 0 Å². The zero-order chi connectivity index (χ0) is 13.5. The third-order valence-electron chi connectivity index (χ3n) is 3.61. The lowest BCUT2D eigenvalue weighted by Crippen LogP contribution is -2.21. The van der Waals surface area contributed by atoms with Gasteiger partial charge >= 0.3 is 0 Å². The smallest absolute Gasteiger partial charge is 0.151 e. The van der Waals surface area contributed by atoms with Crippen LogP contribution < -0.4 is 0 Å². The molecule has 0 aromatic carbocycles. The summed E-state index contributed by atoms with van der Waals surface area (Å²) in [5, 5.41) is 4.69. The minimum atomic E-state index is 0.982. The summed E-state index contributed by atoms with van der Waals surface area (Å²) in [4.78, 5) is 7.27. The number of likely N-dealkylation sites (tertiary alicyclic amines) is 1. The van der Waals surface area contributed by atoms with Crippen LogP contribution in [0, 0.1) is 0 Å². The molecule has 0 bridgehead atoms. The molecule has 5 heteroatoms. The molecule has 2 heterocycles. The molecule has 1 aliphatic rings. The van der Waals surface area contributed by atoms with Crippen molar-refractivity contribution in [2.75, 3.05) is 25.1 Å². The first kappa shape index (κ1) is 14.9. The molecular weight excluding hydrogens is 256 g/mol. The highest BCUT2D eigenvalue weighted by Crippen LogP contribution is 2.13. The molecule has 0 saturated carbocycles. The number of unbranched alkanes of at least 4 members (excludes halogenated alkanes) is 1. The van der Waals surface area contributed by atoms with Crippen molar-refractivity contribution in [3.8, 4) is 0 Å². The van der Waals surface area contributed by atoms with Crippen LogP contribution in [0.3, 0.4) is 0 Å². The van der Waals surface area contributed by atoms with Crippen molar-refractivity contribution in [3.05, 3.63) is 11.6 Å². The average Bonchev–Trinajstić information content (AvgIpc) is 3.04. The van der Waals surface area contributed by atoms with Crippen LogP contribution in [0.1, 0.15) is 44.3 Å². The molecule has 0 radical (unpaired) electrons. The van der Waals surface area contributed by atoms with Gasteiger partial charge in [0.15, 0.2) is 5.82 Å². The molecule has 0 amide bonds. The fourth-order valence-electron chi connectivity index (χ4n) is 2.47.